The Labute approximate surface area is 241 Å². The van der Waals surface area contributed by atoms with Crippen LogP contribution in [0.1, 0.15) is 49.3 Å². The molecule has 2 aromatic heterocycles. The Morgan fingerprint density at radius 3 is 2.39 bits per heavy atom. The highest BCUT2D eigenvalue weighted by Crippen LogP contribution is 2.49. The molecule has 2 aromatic carbocycles. The molecule has 41 heavy (non-hydrogen) atoms. The lowest BCUT2D eigenvalue weighted by Crippen LogP contribution is -2.32. The summed E-state index contributed by atoms with van der Waals surface area (Å²) in [4.78, 5) is 24.3. The van der Waals surface area contributed by atoms with Crippen molar-refractivity contribution in [3.63, 3.8) is 0 Å². The van der Waals surface area contributed by atoms with Crippen LogP contribution in [0.4, 0.5) is 11.6 Å². The molecule has 1 aliphatic rings. The number of hydrogen-bond donors (Lipinski definition) is 2. The SMILES string of the molecule is CNCCOc1cnc(N2CCn3c(C)cc4c(-c5ccc(C)cc5)c([C@H](OC(C)(C)C)C(=O)O)c(C)c2c43)nc1. The van der Waals surface area contributed by atoms with Crippen LogP contribution in [0.2, 0.25) is 0 Å². The van der Waals surface area contributed by atoms with Gasteiger partial charge in [0.25, 0.3) is 0 Å². The van der Waals surface area contributed by atoms with Crippen molar-refractivity contribution in [1.29, 1.82) is 0 Å². The van der Waals surface area contributed by atoms with Crippen LogP contribution in [-0.2, 0) is 16.1 Å². The highest BCUT2D eigenvalue weighted by Gasteiger charge is 2.36. The number of ether oxygens (including phenoxy) is 2. The van der Waals surface area contributed by atoms with Gasteiger partial charge in [0.15, 0.2) is 11.9 Å². The molecule has 3 heterocycles. The summed E-state index contributed by atoms with van der Waals surface area (Å²) < 4.78 is 14.3. The normalized spacial score (nSPS) is 14.0. The summed E-state index contributed by atoms with van der Waals surface area (Å²) in [5.74, 6) is 0.112. The summed E-state index contributed by atoms with van der Waals surface area (Å²) in [6.07, 6.45) is 2.20. The van der Waals surface area contributed by atoms with Crippen molar-refractivity contribution < 1.29 is 19.4 Å². The van der Waals surface area contributed by atoms with Gasteiger partial charge in [-0.2, -0.15) is 0 Å². The van der Waals surface area contributed by atoms with Crippen LogP contribution < -0.4 is 15.0 Å². The van der Waals surface area contributed by atoms with E-state index in [1.807, 2.05) is 41.7 Å². The van der Waals surface area contributed by atoms with E-state index in [1.54, 1.807) is 12.4 Å². The van der Waals surface area contributed by atoms with Gasteiger partial charge >= 0.3 is 5.97 Å². The first-order chi connectivity index (χ1) is 19.5. The summed E-state index contributed by atoms with van der Waals surface area (Å²) in [7, 11) is 1.87. The molecule has 0 unspecified atom stereocenters. The molecule has 9 nitrogen and oxygen atoms in total. The molecule has 0 radical (unpaired) electrons. The van der Waals surface area contributed by atoms with E-state index in [9.17, 15) is 9.90 Å². The molecule has 1 aliphatic heterocycles. The summed E-state index contributed by atoms with van der Waals surface area (Å²) in [5.41, 5.74) is 6.84. The monoisotopic (exact) mass is 557 g/mol. The van der Waals surface area contributed by atoms with Crippen molar-refractivity contribution in [3.8, 4) is 16.9 Å². The summed E-state index contributed by atoms with van der Waals surface area (Å²) in [6, 6.07) is 10.4. The second-order valence-electron chi connectivity index (χ2n) is 11.6. The number of aromatic nitrogens is 3. The van der Waals surface area contributed by atoms with Crippen molar-refractivity contribution in [2.75, 3.05) is 31.6 Å². The van der Waals surface area contributed by atoms with E-state index in [-0.39, 0.29) is 0 Å². The van der Waals surface area contributed by atoms with Gasteiger partial charge in [0.2, 0.25) is 5.95 Å². The molecule has 4 aromatic rings. The third-order valence-electron chi connectivity index (χ3n) is 7.42. The molecule has 0 amide bonds. The van der Waals surface area contributed by atoms with Crippen molar-refractivity contribution in [3.05, 3.63) is 65.1 Å². The zero-order chi connectivity index (χ0) is 29.5. The molecule has 0 saturated heterocycles. The molecule has 0 fully saturated rings. The zero-order valence-electron chi connectivity index (χ0n) is 24.9. The van der Waals surface area contributed by atoms with Crippen LogP contribution in [-0.4, -0.2) is 58.0 Å². The minimum Gasteiger partial charge on any atom is -0.489 e. The minimum atomic E-state index is -1.18. The second kappa shape index (κ2) is 11.1. The van der Waals surface area contributed by atoms with Crippen molar-refractivity contribution >= 4 is 28.5 Å². The van der Waals surface area contributed by atoms with E-state index < -0.39 is 17.7 Å². The van der Waals surface area contributed by atoms with Gasteiger partial charge in [-0.1, -0.05) is 29.8 Å². The number of nitrogens with zero attached hydrogens (tertiary/aromatic N) is 4. The topological polar surface area (TPSA) is 102 Å². The maximum absolute atomic E-state index is 12.9. The van der Waals surface area contributed by atoms with E-state index in [1.165, 1.54) is 0 Å². The Balaban J connectivity index is 1.77. The highest BCUT2D eigenvalue weighted by molar-refractivity contribution is 6.08. The van der Waals surface area contributed by atoms with Crippen LogP contribution in [0, 0.1) is 20.8 Å². The molecule has 2 N–H and O–H groups in total. The predicted molar refractivity (Wildman–Crippen MR) is 161 cm³/mol. The fourth-order valence-electron chi connectivity index (χ4n) is 5.63. The summed E-state index contributed by atoms with van der Waals surface area (Å²) in [5, 5.41) is 14.6. The fraction of sp³-hybridized carbons (Fsp3) is 0.406. The smallest absolute Gasteiger partial charge is 0.337 e. The summed E-state index contributed by atoms with van der Waals surface area (Å²) in [6.45, 7) is 14.4. The second-order valence-corrected chi connectivity index (χ2v) is 11.6. The minimum absolute atomic E-state index is 0.517. The molecule has 9 heteroatoms. The number of carboxylic acid groups (broad SMARTS) is 1. The number of likely N-dealkylation sites (N-methyl/N-ethyl adjacent to an activating group) is 1. The van der Waals surface area contributed by atoms with Crippen LogP contribution in [0.5, 0.6) is 5.75 Å². The molecule has 0 spiro atoms. The zero-order valence-corrected chi connectivity index (χ0v) is 24.9. The van der Waals surface area contributed by atoms with E-state index in [2.05, 4.69) is 62.0 Å². The fourth-order valence-corrected chi connectivity index (χ4v) is 5.63. The standard InChI is InChI=1S/C32H39N5O4/c1-19-8-10-22(11-9-19)26-24-16-20(2)36-13-14-37(31-34-17-23(18-35-31)40-15-12-33-7)27(28(24)36)21(3)25(26)29(30(38)39)41-32(4,5)6/h8-11,16-18,29,33H,12-15H2,1-7H3,(H,38,39)/t29-/m0/s1. The van der Waals surface area contributed by atoms with Crippen molar-refractivity contribution in [1.82, 2.24) is 19.9 Å². The third-order valence-corrected chi connectivity index (χ3v) is 7.42. The Bertz CT molecular complexity index is 1570. The average molecular weight is 558 g/mol. The number of aryl methyl sites for hydroxylation is 2. The number of rotatable bonds is 9. The first kappa shape index (κ1) is 28.6. The average Bonchev–Trinajstić information content (AvgIpc) is 3.26. The number of anilines is 2. The molecule has 216 valence electrons. The van der Waals surface area contributed by atoms with Gasteiger partial charge < -0.3 is 29.4 Å². The third kappa shape index (κ3) is 5.52. The van der Waals surface area contributed by atoms with Crippen LogP contribution in [0.3, 0.4) is 0 Å². The number of benzene rings is 2. The lowest BCUT2D eigenvalue weighted by Gasteiger charge is -2.35. The van der Waals surface area contributed by atoms with Gasteiger partial charge in [0.05, 0.1) is 29.2 Å². The van der Waals surface area contributed by atoms with Gasteiger partial charge in [0.1, 0.15) is 6.61 Å². The number of nitrogens with one attached hydrogen (secondary N) is 1. The molecule has 0 bridgehead atoms. The maximum Gasteiger partial charge on any atom is 0.337 e. The number of aliphatic carboxylic acids is 1. The molecule has 1 atom stereocenters. The predicted octanol–water partition coefficient (Wildman–Crippen LogP) is 5.71. The first-order valence-corrected chi connectivity index (χ1v) is 14.0. The first-order valence-electron chi connectivity index (χ1n) is 14.0. The van der Waals surface area contributed by atoms with Crippen molar-refractivity contribution in [2.24, 2.45) is 0 Å². The number of carboxylic acids is 1. The van der Waals surface area contributed by atoms with Gasteiger partial charge in [0, 0.05) is 36.3 Å². The Hall–Kier alpha value is -3.95. The Morgan fingerprint density at radius 2 is 1.78 bits per heavy atom. The largest absolute Gasteiger partial charge is 0.489 e. The van der Waals surface area contributed by atoms with Crippen LogP contribution >= 0.6 is 0 Å². The Kier molecular flexibility index (Phi) is 7.76. The molecular formula is C32H39N5O4. The van der Waals surface area contributed by atoms with E-state index in [0.717, 1.165) is 57.6 Å². The van der Waals surface area contributed by atoms with E-state index in [0.29, 0.717) is 30.4 Å². The van der Waals surface area contributed by atoms with Gasteiger partial charge in [-0.25, -0.2) is 14.8 Å². The highest BCUT2D eigenvalue weighted by atomic mass is 16.5. The molecule has 0 aliphatic carbocycles. The lowest BCUT2D eigenvalue weighted by molar-refractivity contribution is -0.160. The van der Waals surface area contributed by atoms with E-state index in [4.69, 9.17) is 9.47 Å². The summed E-state index contributed by atoms with van der Waals surface area (Å²) >= 11 is 0. The maximum atomic E-state index is 12.9. The molecule has 5 rings (SSSR count). The Morgan fingerprint density at radius 1 is 1.10 bits per heavy atom. The van der Waals surface area contributed by atoms with Gasteiger partial charge in [-0.3, -0.25) is 0 Å². The molecule has 0 saturated carbocycles. The van der Waals surface area contributed by atoms with E-state index >= 15 is 0 Å². The molecular weight excluding hydrogens is 518 g/mol. The van der Waals surface area contributed by atoms with Gasteiger partial charge in [-0.05, 0) is 71.3 Å². The van der Waals surface area contributed by atoms with Gasteiger partial charge in [-0.15, -0.1) is 0 Å². The quantitative estimate of drug-likeness (QED) is 0.252. The van der Waals surface area contributed by atoms with Crippen molar-refractivity contribution in [2.45, 2.75) is 59.8 Å². The van der Waals surface area contributed by atoms with Crippen LogP contribution in [0.15, 0.2) is 42.7 Å². The lowest BCUT2D eigenvalue weighted by atomic mass is 9.87. The number of carbonyl (C=O) groups is 1. The van der Waals surface area contributed by atoms with Crippen LogP contribution in [0.25, 0.3) is 22.0 Å². The number of hydrogen-bond acceptors (Lipinski definition) is 7.